The van der Waals surface area contributed by atoms with Gasteiger partial charge < -0.3 is 16.2 Å². The number of nitrogens with one attached hydrogen (secondary N) is 1. The van der Waals surface area contributed by atoms with Gasteiger partial charge in [0.2, 0.25) is 11.9 Å². The van der Waals surface area contributed by atoms with Gasteiger partial charge in [-0.2, -0.15) is 5.10 Å². The fraction of sp³-hybridized carbons (Fsp3) is 0.300. The lowest BCUT2D eigenvalue weighted by Gasteiger charge is -2.09. The number of primary amides is 1. The number of hydrogen-bond donors (Lipinski definition) is 3. The Morgan fingerprint density at radius 1 is 1.36 bits per heavy atom. The Balaban J connectivity index is 1.55. The van der Waals surface area contributed by atoms with Crippen molar-refractivity contribution >= 4 is 17.5 Å². The Morgan fingerprint density at radius 2 is 2.18 bits per heavy atom. The topological polar surface area (TPSA) is 119 Å². The van der Waals surface area contributed by atoms with Gasteiger partial charge in [0.15, 0.2) is 6.10 Å². The normalized spacial score (nSPS) is 14.6. The van der Waals surface area contributed by atoms with E-state index in [2.05, 4.69) is 20.4 Å². The molecule has 0 radical (unpaired) electrons. The van der Waals surface area contributed by atoms with Gasteiger partial charge in [-0.15, -0.1) is 0 Å². The maximum Gasteiger partial charge on any atom is 0.248 e. The highest BCUT2D eigenvalue weighted by atomic mass is 16.3. The minimum atomic E-state index is -1.27. The number of nitrogens with two attached hydrogens (primary N) is 1. The first-order valence-corrected chi connectivity index (χ1v) is 9.20. The van der Waals surface area contributed by atoms with Crippen molar-refractivity contribution in [3.63, 3.8) is 0 Å². The molecule has 1 saturated carbocycles. The number of aliphatic hydroxyl groups is 1. The summed E-state index contributed by atoms with van der Waals surface area (Å²) in [6.45, 7) is 2.03. The Morgan fingerprint density at radius 3 is 2.93 bits per heavy atom. The molecule has 1 fully saturated rings. The van der Waals surface area contributed by atoms with E-state index in [1.807, 2.05) is 31.2 Å². The number of hydrogen-bond acceptors (Lipinski definition) is 6. The number of aromatic nitrogens is 4. The second-order valence-corrected chi connectivity index (χ2v) is 7.16. The van der Waals surface area contributed by atoms with Crippen LogP contribution < -0.4 is 11.1 Å². The summed E-state index contributed by atoms with van der Waals surface area (Å²) < 4.78 is 1.50. The van der Waals surface area contributed by atoms with Crippen molar-refractivity contribution in [3.05, 3.63) is 54.1 Å². The van der Waals surface area contributed by atoms with E-state index in [0.29, 0.717) is 11.9 Å². The largest absolute Gasteiger partial charge is 0.381 e. The molecule has 1 aliphatic rings. The average molecular weight is 378 g/mol. The molecule has 1 aromatic carbocycles. The number of aliphatic hydroxyl groups excluding tert-OH is 1. The summed E-state index contributed by atoms with van der Waals surface area (Å²) in [6, 6.07) is 8.03. The van der Waals surface area contributed by atoms with Crippen LogP contribution in [0.25, 0.3) is 11.1 Å². The van der Waals surface area contributed by atoms with E-state index in [1.54, 1.807) is 18.6 Å². The summed E-state index contributed by atoms with van der Waals surface area (Å²) in [6.07, 6.45) is 6.37. The van der Waals surface area contributed by atoms with E-state index in [9.17, 15) is 9.90 Å². The molecule has 3 aromatic rings. The van der Waals surface area contributed by atoms with Gasteiger partial charge in [0.05, 0.1) is 12.7 Å². The summed E-state index contributed by atoms with van der Waals surface area (Å²) in [4.78, 5) is 19.9. The summed E-state index contributed by atoms with van der Waals surface area (Å²) >= 11 is 0. The lowest BCUT2D eigenvalue weighted by molar-refractivity contribution is -0.126. The molecule has 0 spiro atoms. The number of aryl methyl sites for hydroxylation is 1. The molecule has 8 heteroatoms. The summed E-state index contributed by atoms with van der Waals surface area (Å²) in [7, 11) is 0. The monoisotopic (exact) mass is 378 g/mol. The Bertz CT molecular complexity index is 1010. The molecule has 0 saturated heterocycles. The third-order valence-electron chi connectivity index (χ3n) is 4.66. The van der Waals surface area contributed by atoms with Crippen LogP contribution in [-0.2, 0) is 11.3 Å². The van der Waals surface area contributed by atoms with Crippen LogP contribution in [0.3, 0.4) is 0 Å². The molecule has 0 bridgehead atoms. The van der Waals surface area contributed by atoms with E-state index in [-0.39, 0.29) is 6.54 Å². The maximum absolute atomic E-state index is 11.0. The fourth-order valence-electron chi connectivity index (χ4n) is 3.07. The van der Waals surface area contributed by atoms with Crippen LogP contribution >= 0.6 is 0 Å². The second kappa shape index (κ2) is 7.40. The fourth-order valence-corrected chi connectivity index (χ4v) is 3.07. The van der Waals surface area contributed by atoms with E-state index < -0.39 is 12.0 Å². The van der Waals surface area contributed by atoms with Crippen molar-refractivity contribution in [2.45, 2.75) is 38.3 Å². The molecular formula is C20H22N6O2. The zero-order valence-electron chi connectivity index (χ0n) is 15.5. The van der Waals surface area contributed by atoms with Crippen molar-refractivity contribution in [1.82, 2.24) is 19.7 Å². The number of amides is 1. The van der Waals surface area contributed by atoms with Crippen LogP contribution in [0.1, 0.15) is 30.0 Å². The maximum atomic E-state index is 11.0. The number of carbonyl (C=O) groups is 1. The molecule has 28 heavy (non-hydrogen) atoms. The van der Waals surface area contributed by atoms with E-state index in [0.717, 1.165) is 28.1 Å². The van der Waals surface area contributed by atoms with Crippen LogP contribution in [0, 0.1) is 6.92 Å². The molecule has 1 aliphatic carbocycles. The van der Waals surface area contributed by atoms with Gasteiger partial charge in [-0.3, -0.25) is 9.48 Å². The van der Waals surface area contributed by atoms with Crippen molar-refractivity contribution in [2.24, 2.45) is 5.73 Å². The van der Waals surface area contributed by atoms with Crippen LogP contribution in [0.2, 0.25) is 0 Å². The summed E-state index contributed by atoms with van der Waals surface area (Å²) in [5.41, 5.74) is 9.97. The van der Waals surface area contributed by atoms with Crippen molar-refractivity contribution < 1.29 is 9.90 Å². The number of anilines is 2. The minimum Gasteiger partial charge on any atom is -0.381 e. The number of benzene rings is 1. The molecule has 4 N–H and O–H groups in total. The van der Waals surface area contributed by atoms with Crippen LogP contribution in [0.4, 0.5) is 11.6 Å². The Labute approximate surface area is 162 Å². The highest BCUT2D eigenvalue weighted by Gasteiger charge is 2.25. The van der Waals surface area contributed by atoms with E-state index >= 15 is 0 Å². The Hall–Kier alpha value is -3.26. The van der Waals surface area contributed by atoms with E-state index in [1.165, 1.54) is 17.5 Å². The summed E-state index contributed by atoms with van der Waals surface area (Å²) in [5, 5.41) is 17.1. The number of rotatable bonds is 7. The Kier molecular flexibility index (Phi) is 4.79. The zero-order valence-corrected chi connectivity index (χ0v) is 15.5. The van der Waals surface area contributed by atoms with Gasteiger partial charge >= 0.3 is 0 Å². The minimum absolute atomic E-state index is 0.0219. The van der Waals surface area contributed by atoms with Crippen LogP contribution in [0.15, 0.2) is 42.9 Å². The van der Waals surface area contributed by atoms with Crippen LogP contribution in [-0.4, -0.2) is 36.9 Å². The SMILES string of the molecule is Cc1cc(Nc2nccc(C3CC3)n2)cc(-c2cnn(C[C@H](O)C(N)=O)c2)c1. The molecule has 0 unspecified atom stereocenters. The standard InChI is InChI=1S/C20H22N6O2/c1-12-6-14(15-9-23-26(10-15)11-18(27)19(21)28)8-16(7-12)24-20-22-5-4-17(25-20)13-2-3-13/h4-10,13,18,27H,2-3,11H2,1H3,(H2,21,28)(H,22,24,25)/t18-/m0/s1. The first-order valence-electron chi connectivity index (χ1n) is 9.20. The second-order valence-electron chi connectivity index (χ2n) is 7.16. The first-order chi connectivity index (χ1) is 13.5. The lowest BCUT2D eigenvalue weighted by Crippen LogP contribution is -2.32. The van der Waals surface area contributed by atoms with Crippen LogP contribution in [0.5, 0.6) is 0 Å². The molecule has 1 amide bonds. The third kappa shape index (κ3) is 4.17. The highest BCUT2D eigenvalue weighted by Crippen LogP contribution is 2.39. The van der Waals surface area contributed by atoms with Gasteiger partial charge in [-0.25, -0.2) is 9.97 Å². The third-order valence-corrected chi connectivity index (χ3v) is 4.66. The summed E-state index contributed by atoms with van der Waals surface area (Å²) in [5.74, 6) is 0.381. The molecule has 8 nitrogen and oxygen atoms in total. The predicted molar refractivity (Wildman–Crippen MR) is 105 cm³/mol. The quantitative estimate of drug-likeness (QED) is 0.579. The zero-order chi connectivity index (χ0) is 19.7. The predicted octanol–water partition coefficient (Wildman–Crippen LogP) is 2.12. The lowest BCUT2D eigenvalue weighted by atomic mass is 10.1. The van der Waals surface area contributed by atoms with Crippen molar-refractivity contribution in [1.29, 1.82) is 0 Å². The average Bonchev–Trinajstić information content (AvgIpc) is 3.41. The van der Waals surface area contributed by atoms with Gasteiger partial charge in [0.25, 0.3) is 0 Å². The molecule has 2 heterocycles. The van der Waals surface area contributed by atoms with Crippen molar-refractivity contribution in [3.8, 4) is 11.1 Å². The number of carbonyl (C=O) groups excluding carboxylic acids is 1. The smallest absolute Gasteiger partial charge is 0.248 e. The molecular weight excluding hydrogens is 356 g/mol. The van der Waals surface area contributed by atoms with Gasteiger partial charge in [0.1, 0.15) is 0 Å². The molecule has 1 atom stereocenters. The molecule has 4 rings (SSSR count). The molecule has 144 valence electrons. The molecule has 2 aromatic heterocycles. The van der Waals surface area contributed by atoms with Crippen molar-refractivity contribution in [2.75, 3.05) is 5.32 Å². The number of nitrogens with zero attached hydrogens (tertiary/aromatic N) is 4. The van der Waals surface area contributed by atoms with E-state index in [4.69, 9.17) is 5.73 Å². The van der Waals surface area contributed by atoms with Gasteiger partial charge in [-0.05, 0) is 49.1 Å². The van der Waals surface area contributed by atoms with Gasteiger partial charge in [0, 0.05) is 35.3 Å². The molecule has 0 aliphatic heterocycles. The van der Waals surface area contributed by atoms with Gasteiger partial charge in [-0.1, -0.05) is 6.07 Å². The highest BCUT2D eigenvalue weighted by molar-refractivity contribution is 5.78. The first kappa shape index (κ1) is 18.1.